The molecule has 0 radical (unpaired) electrons. The SMILES string of the molecule is CS(=O)(=O)c1c(C2CCOCC2)n(-c2ccc(F)cc2)c2cc(C=N)c(N)cc12.[HH]. The first-order valence-electron chi connectivity index (χ1n) is 9.33. The van der Waals surface area contributed by atoms with Crippen LogP contribution in [-0.2, 0) is 14.6 Å². The van der Waals surface area contributed by atoms with Crippen molar-refractivity contribution in [3.8, 4) is 5.69 Å². The highest BCUT2D eigenvalue weighted by molar-refractivity contribution is 7.91. The molecule has 3 N–H and O–H groups in total. The normalized spacial score (nSPS) is 15.7. The highest BCUT2D eigenvalue weighted by Crippen LogP contribution is 2.41. The Bertz CT molecular complexity index is 1200. The van der Waals surface area contributed by atoms with Gasteiger partial charge >= 0.3 is 0 Å². The van der Waals surface area contributed by atoms with E-state index in [4.69, 9.17) is 15.9 Å². The van der Waals surface area contributed by atoms with Crippen LogP contribution in [0.2, 0.25) is 0 Å². The summed E-state index contributed by atoms with van der Waals surface area (Å²) in [7, 11) is -3.59. The van der Waals surface area contributed by atoms with Crippen LogP contribution < -0.4 is 5.73 Å². The van der Waals surface area contributed by atoms with Crippen molar-refractivity contribution in [3.05, 3.63) is 53.5 Å². The van der Waals surface area contributed by atoms with Crippen LogP contribution in [0.1, 0.15) is 31.4 Å². The van der Waals surface area contributed by atoms with Gasteiger partial charge in [0, 0.05) is 61.0 Å². The third-order valence-electron chi connectivity index (χ3n) is 5.38. The van der Waals surface area contributed by atoms with E-state index in [1.807, 2.05) is 4.57 Å². The van der Waals surface area contributed by atoms with Gasteiger partial charge in [0.2, 0.25) is 0 Å². The summed E-state index contributed by atoms with van der Waals surface area (Å²) in [6.45, 7) is 1.10. The summed E-state index contributed by atoms with van der Waals surface area (Å²) in [5.74, 6) is -0.402. The van der Waals surface area contributed by atoms with E-state index in [1.54, 1.807) is 24.3 Å². The second kappa shape index (κ2) is 7.27. The average Bonchev–Trinajstić information content (AvgIpc) is 3.03. The van der Waals surface area contributed by atoms with E-state index in [1.165, 1.54) is 18.4 Å². The lowest BCUT2D eigenvalue weighted by molar-refractivity contribution is 0.0837. The van der Waals surface area contributed by atoms with Crippen LogP contribution in [0.4, 0.5) is 10.1 Å². The van der Waals surface area contributed by atoms with Crippen molar-refractivity contribution in [3.63, 3.8) is 0 Å². The molecule has 154 valence electrons. The van der Waals surface area contributed by atoms with Crippen LogP contribution in [0.25, 0.3) is 16.6 Å². The van der Waals surface area contributed by atoms with Crippen molar-refractivity contribution in [2.45, 2.75) is 23.7 Å². The lowest BCUT2D eigenvalue weighted by Crippen LogP contribution is -2.19. The molecule has 0 saturated carbocycles. The van der Waals surface area contributed by atoms with Crippen molar-refractivity contribution in [1.82, 2.24) is 4.57 Å². The molecule has 0 spiro atoms. The predicted octanol–water partition coefficient (Wildman–Crippen LogP) is 3.89. The van der Waals surface area contributed by atoms with Crippen molar-refractivity contribution in [2.24, 2.45) is 0 Å². The van der Waals surface area contributed by atoms with Gasteiger partial charge in [0.25, 0.3) is 0 Å². The Morgan fingerprint density at radius 2 is 1.90 bits per heavy atom. The van der Waals surface area contributed by atoms with E-state index in [-0.39, 0.29) is 18.1 Å². The molecule has 0 aliphatic carbocycles. The molecule has 4 rings (SSSR count). The fourth-order valence-corrected chi connectivity index (χ4v) is 5.28. The van der Waals surface area contributed by atoms with Crippen LogP contribution in [0, 0.1) is 11.2 Å². The lowest BCUT2D eigenvalue weighted by Gasteiger charge is -2.25. The average molecular weight is 418 g/mol. The van der Waals surface area contributed by atoms with Gasteiger partial charge in [0.15, 0.2) is 9.84 Å². The summed E-state index contributed by atoms with van der Waals surface area (Å²) in [4.78, 5) is 0.243. The Labute approximate surface area is 170 Å². The summed E-state index contributed by atoms with van der Waals surface area (Å²) >= 11 is 0. The fourth-order valence-electron chi connectivity index (χ4n) is 4.08. The maximum atomic E-state index is 13.6. The van der Waals surface area contributed by atoms with Gasteiger partial charge in [-0.1, -0.05) is 0 Å². The maximum Gasteiger partial charge on any atom is 0.177 e. The second-order valence-electron chi connectivity index (χ2n) is 7.33. The smallest absolute Gasteiger partial charge is 0.177 e. The van der Waals surface area contributed by atoms with Gasteiger partial charge in [-0.15, -0.1) is 0 Å². The zero-order valence-corrected chi connectivity index (χ0v) is 16.8. The molecule has 0 atom stereocenters. The molecule has 1 aliphatic rings. The van der Waals surface area contributed by atoms with E-state index < -0.39 is 9.84 Å². The van der Waals surface area contributed by atoms with Crippen LogP contribution >= 0.6 is 0 Å². The fraction of sp³-hybridized carbons (Fsp3) is 0.286. The number of sulfone groups is 1. The first-order chi connectivity index (χ1) is 13.8. The molecule has 1 fully saturated rings. The third-order valence-corrected chi connectivity index (χ3v) is 6.55. The first-order valence-corrected chi connectivity index (χ1v) is 11.2. The minimum atomic E-state index is -3.59. The van der Waals surface area contributed by atoms with Crippen LogP contribution in [0.5, 0.6) is 0 Å². The van der Waals surface area contributed by atoms with Crippen LogP contribution in [-0.4, -0.2) is 38.7 Å². The minimum absolute atomic E-state index is 0. The molecule has 0 unspecified atom stereocenters. The molecule has 2 aromatic carbocycles. The Kier molecular flexibility index (Phi) is 4.92. The number of ether oxygens (including phenoxy) is 1. The molecule has 0 bridgehead atoms. The molecule has 1 aliphatic heterocycles. The molecular weight excluding hydrogens is 393 g/mol. The Morgan fingerprint density at radius 1 is 1.24 bits per heavy atom. The van der Waals surface area contributed by atoms with Crippen molar-refractivity contribution >= 4 is 32.6 Å². The van der Waals surface area contributed by atoms with Gasteiger partial charge in [-0.2, -0.15) is 0 Å². The van der Waals surface area contributed by atoms with Gasteiger partial charge in [-0.05, 0) is 49.2 Å². The van der Waals surface area contributed by atoms with Gasteiger partial charge in [-0.25, -0.2) is 12.8 Å². The number of fused-ring (bicyclic) bond motifs is 1. The first kappa shape index (κ1) is 19.6. The summed E-state index contributed by atoms with van der Waals surface area (Å²) < 4.78 is 46.7. The quantitative estimate of drug-likeness (QED) is 0.497. The summed E-state index contributed by atoms with van der Waals surface area (Å²) in [6.07, 6.45) is 3.71. The number of nitrogens with one attached hydrogen (secondary N) is 1. The van der Waals surface area contributed by atoms with Gasteiger partial charge < -0.3 is 20.4 Å². The number of halogens is 1. The van der Waals surface area contributed by atoms with Gasteiger partial charge in [0.1, 0.15) is 5.82 Å². The standard InChI is InChI=1S/C21H22FN3O3S.H2/c1-29(26,27)21-17-11-18(24)14(12-23)10-19(17)25(16-4-2-15(22)3-5-16)20(21)13-6-8-28-9-7-13;/h2-5,10-13,23H,6-9,24H2,1H3;1H. The number of hydrogen-bond acceptors (Lipinski definition) is 5. The Hall–Kier alpha value is -2.71. The van der Waals surface area contributed by atoms with Gasteiger partial charge in [-0.3, -0.25) is 0 Å². The van der Waals surface area contributed by atoms with Crippen LogP contribution in [0.15, 0.2) is 41.3 Å². The number of nitrogens with two attached hydrogens (primary N) is 1. The van der Waals surface area contributed by atoms with Crippen LogP contribution in [0.3, 0.4) is 0 Å². The maximum absolute atomic E-state index is 13.6. The van der Waals surface area contributed by atoms with E-state index in [9.17, 15) is 12.8 Å². The minimum Gasteiger partial charge on any atom is -0.398 e. The molecule has 1 aromatic heterocycles. The van der Waals surface area contributed by atoms with E-state index >= 15 is 0 Å². The number of hydrogen-bond donors (Lipinski definition) is 2. The number of aromatic nitrogens is 1. The number of nitrogen functional groups attached to an aromatic ring is 1. The molecular formula is C21H24FN3O3S. The largest absolute Gasteiger partial charge is 0.398 e. The summed E-state index contributed by atoms with van der Waals surface area (Å²) in [5.41, 5.74) is 8.87. The monoisotopic (exact) mass is 417 g/mol. The highest BCUT2D eigenvalue weighted by Gasteiger charge is 2.31. The summed E-state index contributed by atoms with van der Waals surface area (Å²) in [5, 5.41) is 8.16. The second-order valence-corrected chi connectivity index (χ2v) is 9.28. The highest BCUT2D eigenvalue weighted by atomic mass is 32.2. The lowest BCUT2D eigenvalue weighted by atomic mass is 9.96. The topological polar surface area (TPSA) is 98.2 Å². The number of nitrogens with zero attached hydrogens (tertiary/aromatic N) is 1. The molecule has 6 nitrogen and oxygen atoms in total. The molecule has 29 heavy (non-hydrogen) atoms. The van der Waals surface area contributed by atoms with E-state index in [0.29, 0.717) is 59.6 Å². The van der Waals surface area contributed by atoms with Gasteiger partial charge in [0.05, 0.1) is 10.4 Å². The Balaban J connectivity index is 0.00000256. The number of rotatable bonds is 4. The van der Waals surface area contributed by atoms with Crippen molar-refractivity contribution in [1.29, 1.82) is 5.41 Å². The molecule has 0 amide bonds. The van der Waals surface area contributed by atoms with Crippen molar-refractivity contribution in [2.75, 3.05) is 25.2 Å². The van der Waals surface area contributed by atoms with Crippen molar-refractivity contribution < 1.29 is 19.0 Å². The van der Waals surface area contributed by atoms with E-state index in [0.717, 1.165) is 6.21 Å². The third kappa shape index (κ3) is 3.42. The number of benzene rings is 2. The molecule has 8 heteroatoms. The Morgan fingerprint density at radius 3 is 2.48 bits per heavy atom. The number of anilines is 1. The molecule has 1 saturated heterocycles. The van der Waals surface area contributed by atoms with E-state index in [2.05, 4.69) is 0 Å². The predicted molar refractivity (Wildman–Crippen MR) is 114 cm³/mol. The summed E-state index contributed by atoms with van der Waals surface area (Å²) in [6, 6.07) is 9.30. The zero-order chi connectivity index (χ0) is 20.8. The zero-order valence-electron chi connectivity index (χ0n) is 16.0. The molecule has 3 aromatic rings. The molecule has 2 heterocycles.